The van der Waals surface area contributed by atoms with E-state index in [4.69, 9.17) is 4.74 Å². The lowest BCUT2D eigenvalue weighted by Gasteiger charge is -2.31. The first-order valence-electron chi connectivity index (χ1n) is 7.32. The number of likely N-dealkylation sites (tertiary alicyclic amines) is 1. The molecule has 1 aromatic heterocycles. The number of aromatic amines is 1. The van der Waals surface area contributed by atoms with Gasteiger partial charge in [-0.2, -0.15) is 0 Å². The standard InChI is InChI=1S/C16H20N2O3/c1-21-11-5-6-14-12(9-11)13(10-17-14)15(16(19)20)18-7-3-2-4-8-18/h5-6,9-10,15,17H,2-4,7-8H2,1H3,(H,19,20). The predicted octanol–water partition coefficient (Wildman–Crippen LogP) is 2.79. The van der Waals surface area contributed by atoms with E-state index in [2.05, 4.69) is 9.88 Å². The first-order valence-corrected chi connectivity index (χ1v) is 7.32. The third kappa shape index (κ3) is 2.61. The van der Waals surface area contributed by atoms with E-state index >= 15 is 0 Å². The van der Waals surface area contributed by atoms with Gasteiger partial charge >= 0.3 is 5.97 Å². The van der Waals surface area contributed by atoms with Gasteiger partial charge in [-0.1, -0.05) is 6.42 Å². The molecule has 3 rings (SSSR count). The summed E-state index contributed by atoms with van der Waals surface area (Å²) in [6.45, 7) is 1.68. The van der Waals surface area contributed by atoms with E-state index in [1.54, 1.807) is 7.11 Å². The highest BCUT2D eigenvalue weighted by atomic mass is 16.5. The second-order valence-corrected chi connectivity index (χ2v) is 5.49. The van der Waals surface area contributed by atoms with Crippen LogP contribution in [0.4, 0.5) is 0 Å². The minimum absolute atomic E-state index is 0.592. The Labute approximate surface area is 123 Å². The SMILES string of the molecule is COc1ccc2[nH]cc(C(C(=O)O)N3CCCCC3)c2c1. The molecule has 0 bridgehead atoms. The maximum Gasteiger partial charge on any atom is 0.325 e. The Morgan fingerprint density at radius 2 is 2.10 bits per heavy atom. The van der Waals surface area contributed by atoms with Crippen molar-refractivity contribution in [2.45, 2.75) is 25.3 Å². The number of piperidine rings is 1. The maximum atomic E-state index is 11.8. The lowest BCUT2D eigenvalue weighted by Crippen LogP contribution is -2.37. The summed E-state index contributed by atoms with van der Waals surface area (Å²) in [5, 5.41) is 10.6. The van der Waals surface area contributed by atoms with Crippen molar-refractivity contribution in [2.75, 3.05) is 20.2 Å². The van der Waals surface area contributed by atoms with Crippen LogP contribution in [0.25, 0.3) is 10.9 Å². The van der Waals surface area contributed by atoms with Gasteiger partial charge in [0.2, 0.25) is 0 Å². The first-order chi connectivity index (χ1) is 10.2. The summed E-state index contributed by atoms with van der Waals surface area (Å²) in [6.07, 6.45) is 5.13. The molecular formula is C16H20N2O3. The Morgan fingerprint density at radius 3 is 2.76 bits per heavy atom. The fraction of sp³-hybridized carbons (Fsp3) is 0.438. The molecule has 0 aliphatic carbocycles. The number of carboxylic acid groups (broad SMARTS) is 1. The molecule has 1 saturated heterocycles. The van der Waals surface area contributed by atoms with E-state index in [-0.39, 0.29) is 0 Å². The third-order valence-corrected chi connectivity index (χ3v) is 4.21. The normalized spacial score (nSPS) is 17.8. The minimum atomic E-state index is -0.791. The molecule has 2 heterocycles. The fourth-order valence-corrected chi connectivity index (χ4v) is 3.14. The van der Waals surface area contributed by atoms with Crippen molar-refractivity contribution >= 4 is 16.9 Å². The first kappa shape index (κ1) is 13.9. The van der Waals surface area contributed by atoms with E-state index in [1.807, 2.05) is 24.4 Å². The number of carboxylic acids is 1. The van der Waals surface area contributed by atoms with Gasteiger partial charge in [-0.05, 0) is 44.1 Å². The number of rotatable bonds is 4. The van der Waals surface area contributed by atoms with Crippen molar-refractivity contribution in [1.29, 1.82) is 0 Å². The number of hydrogen-bond acceptors (Lipinski definition) is 3. The maximum absolute atomic E-state index is 11.8. The summed E-state index contributed by atoms with van der Waals surface area (Å²) < 4.78 is 5.26. The Kier molecular flexibility index (Phi) is 3.84. The molecule has 21 heavy (non-hydrogen) atoms. The van der Waals surface area contributed by atoms with Gasteiger partial charge in [-0.25, -0.2) is 0 Å². The molecule has 5 heteroatoms. The number of nitrogens with zero attached hydrogens (tertiary/aromatic N) is 1. The number of H-pyrrole nitrogens is 1. The Hall–Kier alpha value is -2.01. The monoisotopic (exact) mass is 288 g/mol. The van der Waals surface area contributed by atoms with Crippen molar-refractivity contribution in [3.05, 3.63) is 30.0 Å². The topological polar surface area (TPSA) is 65.6 Å². The largest absolute Gasteiger partial charge is 0.497 e. The Balaban J connectivity index is 2.04. The number of fused-ring (bicyclic) bond motifs is 1. The second-order valence-electron chi connectivity index (χ2n) is 5.49. The van der Waals surface area contributed by atoms with Crippen molar-refractivity contribution in [1.82, 2.24) is 9.88 Å². The Bertz CT molecular complexity index is 644. The van der Waals surface area contributed by atoms with Crippen LogP contribution >= 0.6 is 0 Å². The van der Waals surface area contributed by atoms with Crippen molar-refractivity contribution in [3.8, 4) is 5.75 Å². The zero-order valence-corrected chi connectivity index (χ0v) is 12.1. The van der Waals surface area contributed by atoms with Crippen LogP contribution in [0.5, 0.6) is 5.75 Å². The molecule has 1 aliphatic heterocycles. The van der Waals surface area contributed by atoms with Crippen LogP contribution in [0, 0.1) is 0 Å². The fourth-order valence-electron chi connectivity index (χ4n) is 3.14. The zero-order valence-electron chi connectivity index (χ0n) is 12.1. The Morgan fingerprint density at radius 1 is 1.33 bits per heavy atom. The number of aliphatic carboxylic acids is 1. The number of benzene rings is 1. The molecule has 1 atom stereocenters. The molecule has 0 spiro atoms. The van der Waals surface area contributed by atoms with Crippen molar-refractivity contribution < 1.29 is 14.6 Å². The molecule has 1 fully saturated rings. The van der Waals surface area contributed by atoms with E-state index in [1.165, 1.54) is 6.42 Å². The summed E-state index contributed by atoms with van der Waals surface area (Å²) in [7, 11) is 1.62. The molecule has 0 radical (unpaired) electrons. The van der Waals surface area contributed by atoms with Gasteiger partial charge in [-0.3, -0.25) is 9.69 Å². The quantitative estimate of drug-likeness (QED) is 0.908. The average molecular weight is 288 g/mol. The van der Waals surface area contributed by atoms with Crippen LogP contribution in [0.15, 0.2) is 24.4 Å². The molecule has 2 N–H and O–H groups in total. The van der Waals surface area contributed by atoms with E-state index in [0.717, 1.165) is 48.1 Å². The molecule has 0 amide bonds. The molecule has 1 aromatic carbocycles. The second kappa shape index (κ2) is 5.77. The van der Waals surface area contributed by atoms with Gasteiger partial charge in [0.25, 0.3) is 0 Å². The van der Waals surface area contributed by atoms with Crippen LogP contribution in [-0.2, 0) is 4.79 Å². The number of aromatic nitrogens is 1. The van der Waals surface area contributed by atoms with Crippen LogP contribution < -0.4 is 4.74 Å². The van der Waals surface area contributed by atoms with Crippen molar-refractivity contribution in [3.63, 3.8) is 0 Å². The van der Waals surface area contributed by atoms with Crippen LogP contribution in [-0.4, -0.2) is 41.2 Å². The van der Waals surface area contributed by atoms with Crippen molar-refractivity contribution in [2.24, 2.45) is 0 Å². The molecule has 1 aliphatic rings. The van der Waals surface area contributed by atoms with Gasteiger partial charge in [0, 0.05) is 22.7 Å². The molecule has 5 nitrogen and oxygen atoms in total. The molecule has 1 unspecified atom stereocenters. The molecule has 0 saturated carbocycles. The number of hydrogen-bond donors (Lipinski definition) is 2. The van der Waals surface area contributed by atoms with Crippen LogP contribution in [0.3, 0.4) is 0 Å². The van der Waals surface area contributed by atoms with Gasteiger partial charge < -0.3 is 14.8 Å². The van der Waals surface area contributed by atoms with Crippen LogP contribution in [0.2, 0.25) is 0 Å². The molecule has 112 valence electrons. The summed E-state index contributed by atoms with van der Waals surface area (Å²) >= 11 is 0. The van der Waals surface area contributed by atoms with Gasteiger partial charge in [0.05, 0.1) is 7.11 Å². The summed E-state index contributed by atoms with van der Waals surface area (Å²) in [6, 6.07) is 5.11. The summed E-state index contributed by atoms with van der Waals surface area (Å²) in [5.41, 5.74) is 1.76. The number of nitrogens with one attached hydrogen (secondary N) is 1. The minimum Gasteiger partial charge on any atom is -0.497 e. The molecule has 2 aromatic rings. The predicted molar refractivity (Wildman–Crippen MR) is 80.7 cm³/mol. The van der Waals surface area contributed by atoms with E-state index in [0.29, 0.717) is 0 Å². The number of ether oxygens (including phenoxy) is 1. The average Bonchev–Trinajstić information content (AvgIpc) is 2.91. The van der Waals surface area contributed by atoms with E-state index in [9.17, 15) is 9.90 Å². The number of carbonyl (C=O) groups is 1. The lowest BCUT2D eigenvalue weighted by molar-refractivity contribution is -0.144. The van der Waals surface area contributed by atoms with Crippen LogP contribution in [0.1, 0.15) is 30.9 Å². The van der Waals surface area contributed by atoms with E-state index < -0.39 is 12.0 Å². The lowest BCUT2D eigenvalue weighted by atomic mass is 10.0. The van der Waals surface area contributed by atoms with Gasteiger partial charge in [0.1, 0.15) is 11.8 Å². The number of methoxy groups -OCH3 is 1. The highest BCUT2D eigenvalue weighted by molar-refractivity contribution is 5.90. The third-order valence-electron chi connectivity index (χ3n) is 4.21. The molecular weight excluding hydrogens is 268 g/mol. The van der Waals surface area contributed by atoms with Gasteiger partial charge in [-0.15, -0.1) is 0 Å². The highest BCUT2D eigenvalue weighted by Crippen LogP contribution is 2.32. The summed E-state index contributed by atoms with van der Waals surface area (Å²) in [4.78, 5) is 17.0. The zero-order chi connectivity index (χ0) is 14.8. The summed E-state index contributed by atoms with van der Waals surface area (Å²) in [5.74, 6) is -0.0493. The van der Waals surface area contributed by atoms with Gasteiger partial charge in [0.15, 0.2) is 0 Å². The smallest absolute Gasteiger partial charge is 0.325 e. The highest BCUT2D eigenvalue weighted by Gasteiger charge is 2.30.